The van der Waals surface area contributed by atoms with Gasteiger partial charge >= 0.3 is 24.4 Å². The van der Waals surface area contributed by atoms with Crippen LogP contribution < -0.4 is 9.80 Å². The molecule has 0 spiro atoms. The van der Waals surface area contributed by atoms with Gasteiger partial charge < -0.3 is 0 Å². The number of hydrazine groups is 1. The van der Waals surface area contributed by atoms with E-state index >= 15 is 0 Å². The van der Waals surface area contributed by atoms with Crippen LogP contribution in [0.5, 0.6) is 0 Å². The highest BCUT2D eigenvalue weighted by Crippen LogP contribution is 2.46. The van der Waals surface area contributed by atoms with E-state index in [4.69, 9.17) is 23.2 Å². The van der Waals surface area contributed by atoms with Crippen molar-refractivity contribution in [1.82, 2.24) is 14.9 Å². The van der Waals surface area contributed by atoms with E-state index in [-0.39, 0.29) is 4.90 Å². The average molecular weight is 558 g/mol. The minimum atomic E-state index is -5.10. The lowest BCUT2D eigenvalue weighted by Crippen LogP contribution is -2.73. The van der Waals surface area contributed by atoms with E-state index in [1.54, 1.807) is 0 Å². The van der Waals surface area contributed by atoms with Gasteiger partial charge in [-0.15, -0.1) is 0 Å². The van der Waals surface area contributed by atoms with E-state index in [2.05, 4.69) is 0 Å². The lowest BCUT2D eigenvalue weighted by molar-refractivity contribution is -0.137. The summed E-state index contributed by atoms with van der Waals surface area (Å²) >= 11 is 11.6. The van der Waals surface area contributed by atoms with Crippen LogP contribution in [0.25, 0.3) is 0 Å². The van der Waals surface area contributed by atoms with Crippen molar-refractivity contribution in [2.24, 2.45) is 0 Å². The van der Waals surface area contributed by atoms with Crippen molar-refractivity contribution in [3.63, 3.8) is 0 Å². The van der Waals surface area contributed by atoms with Crippen LogP contribution in [0.2, 0.25) is 10.0 Å². The van der Waals surface area contributed by atoms with E-state index in [1.165, 1.54) is 33.1 Å². The van der Waals surface area contributed by atoms with Gasteiger partial charge in [0.1, 0.15) is 0 Å². The standard InChI is InChI=1S/C21H19Cl2F6N5O2/c1-30(2)17-32(13-9-5-7-11(22)15(13)20(24,25)26)18(35)33(19(36)34(17)31(3)4)14-10-6-8-12(23)16(14)21(27,28)29/h5-10,17H,1-4H3. The zero-order chi connectivity index (χ0) is 27.3. The Morgan fingerprint density at radius 3 is 1.61 bits per heavy atom. The lowest BCUT2D eigenvalue weighted by Gasteiger charge is -2.51. The number of carbonyl (C=O) groups is 2. The quantitative estimate of drug-likeness (QED) is 0.419. The van der Waals surface area contributed by atoms with Crippen molar-refractivity contribution < 1.29 is 35.9 Å². The maximum Gasteiger partial charge on any atom is 0.419 e. The van der Waals surface area contributed by atoms with E-state index < -0.39 is 63.3 Å². The number of carbonyl (C=O) groups excluding carboxylic acids is 2. The number of anilines is 2. The molecule has 0 N–H and O–H groups in total. The van der Waals surface area contributed by atoms with Crippen LogP contribution in [0.3, 0.4) is 0 Å². The van der Waals surface area contributed by atoms with E-state index in [1.807, 2.05) is 0 Å². The normalized spacial score (nSPS) is 17.6. The van der Waals surface area contributed by atoms with Gasteiger partial charge in [0.05, 0.1) is 32.5 Å². The fraction of sp³-hybridized carbons (Fsp3) is 0.333. The molecule has 1 aliphatic heterocycles. The first-order valence-electron chi connectivity index (χ1n) is 10.0. The predicted octanol–water partition coefficient (Wildman–Crippen LogP) is 6.22. The molecular formula is C21H19Cl2F6N5O2. The van der Waals surface area contributed by atoms with Crippen LogP contribution in [0, 0.1) is 0 Å². The van der Waals surface area contributed by atoms with Crippen LogP contribution >= 0.6 is 23.2 Å². The van der Waals surface area contributed by atoms with Gasteiger partial charge in [0, 0.05) is 14.1 Å². The molecule has 1 unspecified atom stereocenters. The summed E-state index contributed by atoms with van der Waals surface area (Å²) in [5, 5.41) is 0.402. The van der Waals surface area contributed by atoms with E-state index in [9.17, 15) is 35.9 Å². The summed E-state index contributed by atoms with van der Waals surface area (Å²) in [4.78, 5) is 29.2. The second-order valence-electron chi connectivity index (χ2n) is 8.04. The number of alkyl halides is 6. The molecule has 196 valence electrons. The second kappa shape index (κ2) is 9.61. The first-order chi connectivity index (χ1) is 16.5. The molecule has 1 atom stereocenters. The zero-order valence-electron chi connectivity index (χ0n) is 19.1. The van der Waals surface area contributed by atoms with Crippen molar-refractivity contribution in [3.8, 4) is 0 Å². The first kappa shape index (κ1) is 27.8. The lowest BCUT2D eigenvalue weighted by atomic mass is 10.1. The molecule has 7 nitrogen and oxygen atoms in total. The summed E-state index contributed by atoms with van der Waals surface area (Å²) < 4.78 is 83.9. The Bertz CT molecular complexity index is 1190. The first-order valence-corrected chi connectivity index (χ1v) is 10.8. The fourth-order valence-corrected chi connectivity index (χ4v) is 4.39. The Balaban J connectivity index is 2.39. The number of hydrogen-bond donors (Lipinski definition) is 0. The minimum absolute atomic E-state index is 0.135. The largest absolute Gasteiger partial charge is 0.419 e. The molecule has 4 amide bonds. The van der Waals surface area contributed by atoms with Gasteiger partial charge in [0.15, 0.2) is 6.29 Å². The topological polar surface area (TPSA) is 50.3 Å². The van der Waals surface area contributed by atoms with Crippen LogP contribution in [-0.2, 0) is 12.4 Å². The third-order valence-corrected chi connectivity index (χ3v) is 5.81. The van der Waals surface area contributed by atoms with Gasteiger partial charge in [-0.3, -0.25) is 9.80 Å². The van der Waals surface area contributed by atoms with Gasteiger partial charge in [-0.2, -0.15) is 26.3 Å². The van der Waals surface area contributed by atoms with Gasteiger partial charge in [-0.1, -0.05) is 35.3 Å². The number of rotatable bonds is 4. The Labute approximate surface area is 211 Å². The van der Waals surface area contributed by atoms with Crippen molar-refractivity contribution >= 4 is 46.6 Å². The number of nitrogens with zero attached hydrogens (tertiary/aromatic N) is 5. The summed E-state index contributed by atoms with van der Waals surface area (Å²) in [6.45, 7) is 0. The molecule has 1 heterocycles. The predicted molar refractivity (Wildman–Crippen MR) is 122 cm³/mol. The number of halogens is 8. The summed E-state index contributed by atoms with van der Waals surface area (Å²) in [6, 6.07) is 3.14. The van der Waals surface area contributed by atoms with Crippen molar-refractivity contribution in [1.29, 1.82) is 0 Å². The molecule has 2 aromatic carbocycles. The zero-order valence-corrected chi connectivity index (χ0v) is 20.6. The summed E-state index contributed by atoms with van der Waals surface area (Å²) in [7, 11) is 5.43. The van der Waals surface area contributed by atoms with Gasteiger partial charge in [-0.25, -0.2) is 24.5 Å². The van der Waals surface area contributed by atoms with Crippen molar-refractivity contribution in [2.45, 2.75) is 18.6 Å². The molecular weight excluding hydrogens is 539 g/mol. The summed E-state index contributed by atoms with van der Waals surface area (Å²) in [6.07, 6.45) is -11.7. The molecule has 0 aromatic heterocycles. The highest BCUT2D eigenvalue weighted by atomic mass is 35.5. The monoisotopic (exact) mass is 557 g/mol. The highest BCUT2D eigenvalue weighted by molar-refractivity contribution is 6.33. The average Bonchev–Trinajstić information content (AvgIpc) is 2.70. The molecule has 1 fully saturated rings. The molecule has 0 saturated carbocycles. The van der Waals surface area contributed by atoms with Crippen LogP contribution in [0.15, 0.2) is 36.4 Å². The third-order valence-electron chi connectivity index (χ3n) is 5.18. The molecule has 0 aliphatic carbocycles. The molecule has 36 heavy (non-hydrogen) atoms. The molecule has 0 bridgehead atoms. The smallest absolute Gasteiger partial charge is 0.271 e. The molecule has 1 saturated heterocycles. The highest BCUT2D eigenvalue weighted by Gasteiger charge is 2.52. The number of imide groups is 1. The number of benzene rings is 2. The summed E-state index contributed by atoms with van der Waals surface area (Å²) in [5.74, 6) is 0. The minimum Gasteiger partial charge on any atom is -0.271 e. The second-order valence-corrected chi connectivity index (χ2v) is 8.85. The van der Waals surface area contributed by atoms with Crippen molar-refractivity contribution in [3.05, 3.63) is 57.6 Å². The molecule has 15 heteroatoms. The maximum atomic E-state index is 14.0. The van der Waals surface area contributed by atoms with Crippen LogP contribution in [0.1, 0.15) is 11.1 Å². The SMILES string of the molecule is CN(C)C1N(c2cccc(Cl)c2C(F)(F)F)C(=O)N(c2cccc(Cl)c2C(F)(F)F)C(=O)N1N(C)C. The van der Waals surface area contributed by atoms with Crippen LogP contribution in [0.4, 0.5) is 47.3 Å². The van der Waals surface area contributed by atoms with E-state index in [0.717, 1.165) is 46.4 Å². The van der Waals surface area contributed by atoms with Gasteiger partial charge in [0.25, 0.3) is 0 Å². The van der Waals surface area contributed by atoms with Crippen LogP contribution in [-0.4, -0.2) is 61.5 Å². The fourth-order valence-electron chi connectivity index (χ4n) is 3.83. The third kappa shape index (κ3) is 4.80. The Morgan fingerprint density at radius 1 is 0.750 bits per heavy atom. The molecule has 1 aliphatic rings. The van der Waals surface area contributed by atoms with Gasteiger partial charge in [0.2, 0.25) is 0 Å². The van der Waals surface area contributed by atoms with Gasteiger partial charge in [-0.05, 0) is 38.4 Å². The number of hydrogen-bond acceptors (Lipinski definition) is 4. The Kier molecular flexibility index (Phi) is 7.44. The van der Waals surface area contributed by atoms with Crippen molar-refractivity contribution in [2.75, 3.05) is 38.0 Å². The van der Waals surface area contributed by atoms with E-state index in [0.29, 0.717) is 4.90 Å². The Morgan fingerprint density at radius 2 is 1.19 bits per heavy atom. The maximum absolute atomic E-state index is 14.0. The number of amides is 4. The Hall–Kier alpha value is -2.74. The summed E-state index contributed by atoms with van der Waals surface area (Å²) in [5.41, 5.74) is -4.62. The molecule has 2 aromatic rings. The number of urea groups is 2. The molecule has 3 rings (SSSR count). The molecule has 0 radical (unpaired) electrons.